The van der Waals surface area contributed by atoms with Gasteiger partial charge in [-0.3, -0.25) is 15.1 Å². The number of carbonyl (C=O) groups excluding carboxylic acids is 2. The Morgan fingerprint density at radius 1 is 1.07 bits per heavy atom. The van der Waals surface area contributed by atoms with Crippen LogP contribution < -0.4 is 15.4 Å². The third-order valence-electron chi connectivity index (χ3n) is 6.59. The second-order valence-corrected chi connectivity index (χ2v) is 11.0. The van der Waals surface area contributed by atoms with Crippen molar-refractivity contribution in [1.82, 2.24) is 15.0 Å². The number of nitrogens with zero attached hydrogens (tertiary/aromatic N) is 3. The molecule has 0 bridgehead atoms. The lowest BCUT2D eigenvalue weighted by Crippen LogP contribution is -2.39. The second-order valence-electron chi connectivity index (χ2n) is 9.93. The summed E-state index contributed by atoms with van der Waals surface area (Å²) in [7, 11) is 1.62. The number of halogens is 1. The Morgan fingerprint density at radius 2 is 1.86 bits per heavy atom. The minimum atomic E-state index is -0.646. The molecule has 0 saturated heterocycles. The van der Waals surface area contributed by atoms with Crippen LogP contribution in [0.25, 0.3) is 20.7 Å². The molecule has 0 radical (unpaired) electrons. The molecule has 0 aliphatic carbocycles. The summed E-state index contributed by atoms with van der Waals surface area (Å²) in [5.74, 6) is 0.596. The number of aryl methyl sites for hydroxylation is 1. The van der Waals surface area contributed by atoms with Gasteiger partial charge in [-0.25, -0.2) is 9.18 Å². The van der Waals surface area contributed by atoms with Crippen molar-refractivity contribution in [3.05, 3.63) is 84.0 Å². The Labute approximate surface area is 251 Å². The predicted octanol–water partition coefficient (Wildman–Crippen LogP) is 7.22. The van der Waals surface area contributed by atoms with E-state index in [4.69, 9.17) is 14.0 Å². The molecule has 1 unspecified atom stereocenters. The highest BCUT2D eigenvalue weighted by molar-refractivity contribution is 7.22. The first-order valence-electron chi connectivity index (χ1n) is 13.4. The summed E-state index contributed by atoms with van der Waals surface area (Å²) in [5.41, 5.74) is 2.95. The van der Waals surface area contributed by atoms with E-state index in [2.05, 4.69) is 20.8 Å². The molecule has 3 heterocycles. The van der Waals surface area contributed by atoms with Crippen molar-refractivity contribution < 1.29 is 28.0 Å². The summed E-state index contributed by atoms with van der Waals surface area (Å²) in [6.45, 7) is 6.17. The number of fused-ring (bicyclic) bond motifs is 1. The smallest absolute Gasteiger partial charge is 0.324 e. The lowest BCUT2D eigenvalue weighted by molar-refractivity contribution is -0.132. The third-order valence-corrected chi connectivity index (χ3v) is 7.78. The maximum absolute atomic E-state index is 15.0. The van der Waals surface area contributed by atoms with Crippen molar-refractivity contribution in [3.63, 3.8) is 0 Å². The van der Waals surface area contributed by atoms with Crippen molar-refractivity contribution in [1.29, 1.82) is 0 Å². The van der Waals surface area contributed by atoms with Gasteiger partial charge >= 0.3 is 6.03 Å². The van der Waals surface area contributed by atoms with Crippen LogP contribution in [0.5, 0.6) is 11.5 Å². The van der Waals surface area contributed by atoms with Crippen LogP contribution in [0.1, 0.15) is 25.2 Å². The molecule has 2 N–H and O–H groups in total. The number of carbonyl (C=O) groups is 2. The van der Waals surface area contributed by atoms with Crippen LogP contribution in [-0.2, 0) is 16.1 Å². The number of anilines is 2. The molecular weight excluding hydrogens is 573 g/mol. The summed E-state index contributed by atoms with van der Waals surface area (Å²) in [6.07, 6.45) is 1.61. The van der Waals surface area contributed by atoms with E-state index in [0.717, 1.165) is 26.2 Å². The SMILES string of the molecule is COCC(C)N(Cc1ccc(-c2cc3nccc(Oc4ccc(NC(=O)Nc5cc(C)on5)cc4F)c3s2)cc1)C(C)=O. The van der Waals surface area contributed by atoms with Crippen LogP contribution in [0.4, 0.5) is 20.7 Å². The van der Waals surface area contributed by atoms with E-state index in [1.165, 1.54) is 29.5 Å². The summed E-state index contributed by atoms with van der Waals surface area (Å²) < 4.78 is 31.8. The fourth-order valence-electron chi connectivity index (χ4n) is 4.50. The summed E-state index contributed by atoms with van der Waals surface area (Å²) in [5, 5.41) is 8.76. The number of urea groups is 1. The Morgan fingerprint density at radius 3 is 2.53 bits per heavy atom. The Bertz CT molecular complexity index is 1750. The summed E-state index contributed by atoms with van der Waals surface area (Å²) in [6, 6.07) is 16.7. The van der Waals surface area contributed by atoms with Crippen LogP contribution in [0.15, 0.2) is 71.4 Å². The lowest BCUT2D eigenvalue weighted by atomic mass is 10.1. The number of ether oxygens (including phenoxy) is 2. The minimum Gasteiger partial charge on any atom is -0.453 e. The van der Waals surface area contributed by atoms with Crippen molar-refractivity contribution in [2.75, 3.05) is 24.4 Å². The zero-order chi connectivity index (χ0) is 30.5. The maximum atomic E-state index is 15.0. The van der Waals surface area contributed by atoms with Gasteiger partial charge < -0.3 is 24.2 Å². The maximum Gasteiger partial charge on any atom is 0.324 e. The van der Waals surface area contributed by atoms with Crippen molar-refractivity contribution in [2.24, 2.45) is 0 Å². The van der Waals surface area contributed by atoms with E-state index in [1.807, 2.05) is 37.3 Å². The zero-order valence-corrected chi connectivity index (χ0v) is 24.8. The van der Waals surface area contributed by atoms with Crippen LogP contribution in [-0.4, -0.2) is 46.7 Å². The first-order valence-corrected chi connectivity index (χ1v) is 14.2. The number of pyridine rings is 1. The lowest BCUT2D eigenvalue weighted by Gasteiger charge is -2.27. The fourth-order valence-corrected chi connectivity index (χ4v) is 5.57. The number of rotatable bonds is 10. The number of amides is 3. The van der Waals surface area contributed by atoms with Crippen molar-refractivity contribution in [2.45, 2.75) is 33.4 Å². The number of nitrogens with one attached hydrogen (secondary N) is 2. The van der Waals surface area contributed by atoms with Gasteiger partial charge in [-0.15, -0.1) is 11.3 Å². The molecule has 0 aliphatic heterocycles. The summed E-state index contributed by atoms with van der Waals surface area (Å²) >= 11 is 1.48. The molecule has 12 heteroatoms. The molecule has 0 spiro atoms. The van der Waals surface area contributed by atoms with E-state index in [9.17, 15) is 14.0 Å². The fraction of sp³-hybridized carbons (Fsp3) is 0.226. The molecule has 3 amide bonds. The van der Waals surface area contributed by atoms with Gasteiger partial charge in [0.15, 0.2) is 17.4 Å². The van der Waals surface area contributed by atoms with Crippen molar-refractivity contribution >= 4 is 45.0 Å². The molecule has 0 fully saturated rings. The number of hydrogen-bond acceptors (Lipinski definition) is 8. The molecule has 43 heavy (non-hydrogen) atoms. The molecule has 1 atom stereocenters. The Hall–Kier alpha value is -4.81. The normalized spacial score (nSPS) is 11.7. The number of aromatic nitrogens is 2. The zero-order valence-electron chi connectivity index (χ0n) is 24.0. The van der Waals surface area contributed by atoms with Gasteiger partial charge in [0, 0.05) is 55.5 Å². The highest BCUT2D eigenvalue weighted by Gasteiger charge is 2.18. The van der Waals surface area contributed by atoms with Gasteiger partial charge in [0.2, 0.25) is 5.91 Å². The van der Waals surface area contributed by atoms with Crippen LogP contribution in [0.2, 0.25) is 0 Å². The monoisotopic (exact) mass is 603 g/mol. The minimum absolute atomic E-state index is 0.00242. The first-order chi connectivity index (χ1) is 20.7. The molecular formula is C31H30FN5O5S. The highest BCUT2D eigenvalue weighted by atomic mass is 32.1. The van der Waals surface area contributed by atoms with Crippen LogP contribution in [0, 0.1) is 12.7 Å². The first kappa shape index (κ1) is 29.7. The third kappa shape index (κ3) is 7.16. The predicted molar refractivity (Wildman–Crippen MR) is 163 cm³/mol. The highest BCUT2D eigenvalue weighted by Crippen LogP contribution is 2.40. The van der Waals surface area contributed by atoms with E-state index in [-0.39, 0.29) is 29.2 Å². The van der Waals surface area contributed by atoms with E-state index in [1.54, 1.807) is 44.2 Å². The molecule has 3 aromatic heterocycles. The van der Waals surface area contributed by atoms with Gasteiger partial charge in [0.25, 0.3) is 0 Å². The molecule has 0 aliphatic rings. The molecule has 5 rings (SSSR count). The molecule has 222 valence electrons. The van der Waals surface area contributed by atoms with Gasteiger partial charge in [0.05, 0.1) is 22.9 Å². The van der Waals surface area contributed by atoms with Gasteiger partial charge in [0.1, 0.15) is 11.5 Å². The quantitative estimate of drug-likeness (QED) is 0.173. The largest absolute Gasteiger partial charge is 0.453 e. The van der Waals surface area contributed by atoms with Crippen molar-refractivity contribution in [3.8, 4) is 21.9 Å². The van der Waals surface area contributed by atoms with Gasteiger partial charge in [-0.1, -0.05) is 29.4 Å². The molecule has 0 saturated carbocycles. The van der Waals surface area contributed by atoms with E-state index < -0.39 is 11.8 Å². The van der Waals surface area contributed by atoms with E-state index in [0.29, 0.717) is 24.7 Å². The number of benzene rings is 2. The molecule has 2 aromatic carbocycles. The molecule has 5 aromatic rings. The van der Waals surface area contributed by atoms with Gasteiger partial charge in [-0.2, -0.15) is 0 Å². The second kappa shape index (κ2) is 13.0. The Balaban J connectivity index is 1.29. The van der Waals surface area contributed by atoms with E-state index >= 15 is 0 Å². The average molecular weight is 604 g/mol. The number of methoxy groups -OCH3 is 1. The standard InChI is InChI=1S/C31H30FN5O5S/c1-18(17-40-4)37(20(3)38)16-21-5-7-22(8-6-21)28-15-25-30(43-28)27(11-12-33-25)41-26-10-9-23(14-24(26)32)34-31(39)35-29-13-19(2)42-36-29/h5-15,18H,16-17H2,1-4H3,(H2,34,35,36,39). The average Bonchev–Trinajstić information content (AvgIpc) is 3.59. The summed E-state index contributed by atoms with van der Waals surface area (Å²) in [4.78, 5) is 31.6. The van der Waals surface area contributed by atoms with Crippen LogP contribution in [0.3, 0.4) is 0 Å². The van der Waals surface area contributed by atoms with Crippen LogP contribution >= 0.6 is 11.3 Å². The number of thiophene rings is 1. The topological polar surface area (TPSA) is 119 Å². The van der Waals surface area contributed by atoms with Gasteiger partial charge in [-0.05, 0) is 43.2 Å². The Kier molecular flexibility index (Phi) is 8.98. The molecule has 10 nitrogen and oxygen atoms in total. The number of hydrogen-bond donors (Lipinski definition) is 2.